The Morgan fingerprint density at radius 2 is 2.00 bits per heavy atom. The highest BCUT2D eigenvalue weighted by Gasteiger charge is 2.29. The van der Waals surface area contributed by atoms with Gasteiger partial charge in [-0.15, -0.1) is 0 Å². The average Bonchev–Trinajstić information content (AvgIpc) is 2.44. The maximum absolute atomic E-state index is 9.99. The van der Waals surface area contributed by atoms with E-state index in [1.807, 2.05) is 13.8 Å². The lowest BCUT2D eigenvalue weighted by atomic mass is 9.94. The molecular weight excluding hydrogens is 258 g/mol. The molecule has 7 nitrogen and oxygen atoms in total. The first kappa shape index (κ1) is 14.8. The van der Waals surface area contributed by atoms with Crippen molar-refractivity contribution in [2.45, 2.75) is 38.7 Å². The Kier molecular flexibility index (Phi) is 4.59. The first-order chi connectivity index (χ1) is 9.54. The monoisotopic (exact) mass is 281 g/mol. The largest absolute Gasteiger partial charge is 0.463 e. The fourth-order valence-corrected chi connectivity index (χ4v) is 2.05. The van der Waals surface area contributed by atoms with Crippen molar-refractivity contribution in [3.05, 3.63) is 0 Å². The number of anilines is 2. The van der Waals surface area contributed by atoms with Gasteiger partial charge in [-0.3, -0.25) is 0 Å². The van der Waals surface area contributed by atoms with Crippen molar-refractivity contribution in [3.8, 4) is 6.01 Å². The van der Waals surface area contributed by atoms with Crippen molar-refractivity contribution in [1.29, 1.82) is 0 Å². The van der Waals surface area contributed by atoms with Crippen LogP contribution in [0.1, 0.15) is 33.1 Å². The van der Waals surface area contributed by atoms with E-state index in [1.54, 1.807) is 7.05 Å². The highest BCUT2D eigenvalue weighted by molar-refractivity contribution is 5.38. The van der Waals surface area contributed by atoms with Crippen molar-refractivity contribution >= 4 is 11.9 Å². The minimum atomic E-state index is -0.586. The van der Waals surface area contributed by atoms with E-state index in [9.17, 15) is 5.11 Å². The van der Waals surface area contributed by atoms with E-state index in [0.29, 0.717) is 37.4 Å². The molecule has 2 rings (SSSR count). The van der Waals surface area contributed by atoms with Crippen LogP contribution < -0.4 is 15.0 Å². The Balaban J connectivity index is 2.14. The lowest BCUT2D eigenvalue weighted by Crippen LogP contribution is -2.43. The van der Waals surface area contributed by atoms with E-state index in [-0.39, 0.29) is 0 Å². The van der Waals surface area contributed by atoms with Crippen molar-refractivity contribution in [1.82, 2.24) is 15.0 Å². The number of ether oxygens (including phenoxy) is 1. The summed E-state index contributed by atoms with van der Waals surface area (Å²) in [6, 6.07) is 0.346. The predicted molar refractivity (Wildman–Crippen MR) is 77.2 cm³/mol. The third kappa shape index (κ3) is 3.69. The number of hydrogen-bond acceptors (Lipinski definition) is 7. The molecule has 20 heavy (non-hydrogen) atoms. The van der Waals surface area contributed by atoms with Crippen molar-refractivity contribution in [2.75, 3.05) is 37.0 Å². The topological polar surface area (TPSA) is 83.4 Å². The van der Waals surface area contributed by atoms with Gasteiger partial charge in [0.05, 0.1) is 12.2 Å². The van der Waals surface area contributed by atoms with E-state index in [2.05, 4.69) is 25.2 Å². The number of hydrogen-bond donors (Lipinski definition) is 2. The summed E-state index contributed by atoms with van der Waals surface area (Å²) in [5.41, 5.74) is -0.586. The van der Waals surface area contributed by atoms with Crippen molar-refractivity contribution < 1.29 is 9.84 Å². The first-order valence-electron chi connectivity index (χ1n) is 7.08. The molecule has 0 spiro atoms. The quantitative estimate of drug-likeness (QED) is 0.834. The summed E-state index contributed by atoms with van der Waals surface area (Å²) in [4.78, 5) is 14.9. The molecule has 112 valence electrons. The number of nitrogens with one attached hydrogen (secondary N) is 1. The van der Waals surface area contributed by atoms with Crippen LogP contribution in [-0.4, -0.2) is 52.4 Å². The van der Waals surface area contributed by atoms with E-state index < -0.39 is 5.60 Å². The van der Waals surface area contributed by atoms with Gasteiger partial charge in [0.2, 0.25) is 11.9 Å². The van der Waals surface area contributed by atoms with Gasteiger partial charge in [0, 0.05) is 20.1 Å². The number of rotatable bonds is 5. The molecule has 1 aliphatic heterocycles. The molecule has 0 aromatic carbocycles. The van der Waals surface area contributed by atoms with Gasteiger partial charge in [0.15, 0.2) is 0 Å². The third-order valence-electron chi connectivity index (χ3n) is 3.39. The van der Waals surface area contributed by atoms with Crippen LogP contribution in [-0.2, 0) is 0 Å². The minimum absolute atomic E-state index is 0.346. The predicted octanol–water partition coefficient (Wildman–Crippen LogP) is 1.05. The van der Waals surface area contributed by atoms with Gasteiger partial charge in [-0.25, -0.2) is 0 Å². The van der Waals surface area contributed by atoms with Crippen LogP contribution in [0.5, 0.6) is 6.01 Å². The second kappa shape index (κ2) is 6.21. The molecule has 1 saturated heterocycles. The van der Waals surface area contributed by atoms with Gasteiger partial charge in [-0.1, -0.05) is 6.92 Å². The third-order valence-corrected chi connectivity index (χ3v) is 3.39. The molecule has 0 aliphatic carbocycles. The molecule has 0 saturated carbocycles. The molecule has 2 N–H and O–H groups in total. The van der Waals surface area contributed by atoms with E-state index in [0.717, 1.165) is 19.5 Å². The summed E-state index contributed by atoms with van der Waals surface area (Å²) >= 11 is 0. The van der Waals surface area contributed by atoms with Crippen molar-refractivity contribution in [2.24, 2.45) is 0 Å². The molecule has 1 aromatic rings. The Morgan fingerprint density at radius 1 is 1.30 bits per heavy atom. The van der Waals surface area contributed by atoms with Gasteiger partial charge in [0.1, 0.15) is 0 Å². The highest BCUT2D eigenvalue weighted by atomic mass is 16.5. The summed E-state index contributed by atoms with van der Waals surface area (Å²) < 4.78 is 5.49. The zero-order chi connectivity index (χ0) is 14.6. The summed E-state index contributed by atoms with van der Waals surface area (Å²) in [6.45, 7) is 5.95. The van der Waals surface area contributed by atoms with Crippen molar-refractivity contribution in [3.63, 3.8) is 0 Å². The second-order valence-corrected chi connectivity index (χ2v) is 5.32. The molecule has 0 amide bonds. The molecule has 0 bridgehead atoms. The van der Waals surface area contributed by atoms with Gasteiger partial charge >= 0.3 is 6.01 Å². The number of nitrogens with zero attached hydrogens (tertiary/aromatic N) is 4. The zero-order valence-corrected chi connectivity index (χ0v) is 12.4. The molecule has 0 atom stereocenters. The molecule has 1 aromatic heterocycles. The van der Waals surface area contributed by atoms with Crippen LogP contribution in [0.2, 0.25) is 0 Å². The summed E-state index contributed by atoms with van der Waals surface area (Å²) in [5, 5.41) is 12.9. The Morgan fingerprint density at radius 3 is 2.60 bits per heavy atom. The normalized spacial score (nSPS) is 17.9. The van der Waals surface area contributed by atoms with Gasteiger partial charge in [0.25, 0.3) is 0 Å². The smallest absolute Gasteiger partial charge is 0.323 e. The van der Waals surface area contributed by atoms with E-state index in [1.165, 1.54) is 0 Å². The maximum atomic E-state index is 9.99. The summed E-state index contributed by atoms with van der Waals surface area (Å²) in [6.07, 6.45) is 2.32. The molecular formula is C13H23N5O2. The standard InChI is InChI=1S/C13H23N5O2/c1-4-9-20-12-16-10(14-3)15-11(17-12)18-7-5-13(2,19)6-8-18/h19H,4-9H2,1-3H3,(H,14,15,16,17). The van der Waals surface area contributed by atoms with Crippen LogP contribution in [0.25, 0.3) is 0 Å². The van der Waals surface area contributed by atoms with Gasteiger partial charge in [-0.05, 0) is 26.2 Å². The lowest BCUT2D eigenvalue weighted by Gasteiger charge is -2.35. The first-order valence-corrected chi connectivity index (χ1v) is 7.08. The molecule has 7 heteroatoms. The van der Waals surface area contributed by atoms with E-state index >= 15 is 0 Å². The molecule has 2 heterocycles. The number of aliphatic hydroxyl groups is 1. The maximum Gasteiger partial charge on any atom is 0.323 e. The van der Waals surface area contributed by atoms with Crippen LogP contribution >= 0.6 is 0 Å². The van der Waals surface area contributed by atoms with Crippen LogP contribution in [0.3, 0.4) is 0 Å². The van der Waals surface area contributed by atoms with Crippen LogP contribution in [0.15, 0.2) is 0 Å². The molecule has 0 unspecified atom stereocenters. The fraction of sp³-hybridized carbons (Fsp3) is 0.769. The number of piperidine rings is 1. The highest BCUT2D eigenvalue weighted by Crippen LogP contribution is 2.25. The number of aromatic nitrogens is 3. The Hall–Kier alpha value is -1.63. The van der Waals surface area contributed by atoms with Crippen LogP contribution in [0, 0.1) is 0 Å². The Bertz CT molecular complexity index is 442. The lowest BCUT2D eigenvalue weighted by molar-refractivity contribution is 0.0348. The Labute approximate surface area is 119 Å². The minimum Gasteiger partial charge on any atom is -0.463 e. The van der Waals surface area contributed by atoms with Gasteiger partial charge < -0.3 is 20.1 Å². The van der Waals surface area contributed by atoms with Gasteiger partial charge in [-0.2, -0.15) is 15.0 Å². The fourth-order valence-electron chi connectivity index (χ4n) is 2.05. The SMILES string of the molecule is CCCOc1nc(NC)nc(N2CCC(C)(O)CC2)n1. The van der Waals surface area contributed by atoms with E-state index in [4.69, 9.17) is 4.74 Å². The van der Waals surface area contributed by atoms with Crippen LogP contribution in [0.4, 0.5) is 11.9 Å². The zero-order valence-electron chi connectivity index (χ0n) is 12.4. The molecule has 0 radical (unpaired) electrons. The molecule has 1 aliphatic rings. The summed E-state index contributed by atoms with van der Waals surface area (Å²) in [7, 11) is 1.77. The average molecular weight is 281 g/mol. The molecule has 1 fully saturated rings. The summed E-state index contributed by atoms with van der Waals surface area (Å²) in [5.74, 6) is 1.10. The second-order valence-electron chi connectivity index (χ2n) is 5.32.